The van der Waals surface area contributed by atoms with Crippen molar-refractivity contribution in [3.63, 3.8) is 0 Å². The van der Waals surface area contributed by atoms with Gasteiger partial charge in [0.15, 0.2) is 0 Å². The third-order valence-corrected chi connectivity index (χ3v) is 3.22. The van der Waals surface area contributed by atoms with Crippen molar-refractivity contribution in [1.82, 2.24) is 5.32 Å². The monoisotopic (exact) mass is 301 g/mol. The minimum absolute atomic E-state index is 0.183. The lowest BCUT2D eigenvalue weighted by Gasteiger charge is -2.09. The number of benzene rings is 1. The van der Waals surface area contributed by atoms with Gasteiger partial charge in [0.25, 0.3) is 0 Å². The van der Waals surface area contributed by atoms with Gasteiger partial charge < -0.3 is 9.73 Å². The first-order chi connectivity index (χ1) is 9.81. The fourth-order valence-corrected chi connectivity index (χ4v) is 1.94. The topological polar surface area (TPSA) is 25.2 Å². The van der Waals surface area contributed by atoms with Crippen LogP contribution in [0.3, 0.4) is 0 Å². The maximum atomic E-state index is 13.2. The van der Waals surface area contributed by atoms with E-state index in [2.05, 4.69) is 5.32 Å². The van der Waals surface area contributed by atoms with Gasteiger partial charge in [-0.3, -0.25) is 0 Å². The molecule has 1 heterocycles. The number of nitrogens with one attached hydrogen (secondary N) is 1. The molecule has 2 nitrogen and oxygen atoms in total. The van der Waals surface area contributed by atoms with Crippen LogP contribution in [-0.2, 0) is 12.6 Å². The number of likely N-dealkylation sites (N-methyl/N-ethyl adjacent to an activating group) is 1. The molecular formula is C15H15F4NO. The molecule has 114 valence electrons. The summed E-state index contributed by atoms with van der Waals surface area (Å²) < 4.78 is 56.8. The summed E-state index contributed by atoms with van der Waals surface area (Å²) in [6.07, 6.45) is -4.11. The second-order valence-electron chi connectivity index (χ2n) is 4.85. The smallest absolute Gasteiger partial charge is 0.419 e. The quantitative estimate of drug-likeness (QED) is 0.854. The molecule has 2 rings (SSSR count). The number of halogens is 4. The van der Waals surface area contributed by atoms with Crippen LogP contribution < -0.4 is 5.32 Å². The molecule has 1 N–H and O–H groups in total. The van der Waals surface area contributed by atoms with Crippen molar-refractivity contribution in [3.05, 3.63) is 47.5 Å². The van der Waals surface area contributed by atoms with Gasteiger partial charge in [0.05, 0.1) is 5.56 Å². The molecule has 0 aliphatic rings. The van der Waals surface area contributed by atoms with Crippen molar-refractivity contribution in [1.29, 1.82) is 0 Å². The van der Waals surface area contributed by atoms with Gasteiger partial charge in [-0.25, -0.2) is 4.39 Å². The van der Waals surface area contributed by atoms with E-state index in [9.17, 15) is 17.6 Å². The second-order valence-corrected chi connectivity index (χ2v) is 4.85. The van der Waals surface area contributed by atoms with Gasteiger partial charge in [0.1, 0.15) is 17.3 Å². The predicted molar refractivity (Wildman–Crippen MR) is 71.3 cm³/mol. The van der Waals surface area contributed by atoms with Crippen molar-refractivity contribution in [2.75, 3.05) is 7.05 Å². The Balaban J connectivity index is 2.31. The Morgan fingerprint density at radius 3 is 2.52 bits per heavy atom. The molecular weight excluding hydrogens is 286 g/mol. The van der Waals surface area contributed by atoms with Gasteiger partial charge in [-0.05, 0) is 44.3 Å². The molecule has 0 radical (unpaired) electrons. The molecule has 1 aromatic carbocycles. The first-order valence-corrected chi connectivity index (χ1v) is 6.44. The molecule has 0 bridgehead atoms. The van der Waals surface area contributed by atoms with Gasteiger partial charge in [0.2, 0.25) is 0 Å². The van der Waals surface area contributed by atoms with Crippen molar-refractivity contribution in [2.45, 2.75) is 25.6 Å². The predicted octanol–water partition coefficient (Wildman–Crippen LogP) is 4.25. The van der Waals surface area contributed by atoms with Gasteiger partial charge in [-0.2, -0.15) is 13.2 Å². The average Bonchev–Trinajstić information content (AvgIpc) is 2.86. The summed E-state index contributed by atoms with van der Waals surface area (Å²) >= 11 is 0. The van der Waals surface area contributed by atoms with Crippen LogP contribution in [-0.4, -0.2) is 13.1 Å². The van der Waals surface area contributed by atoms with E-state index in [4.69, 9.17) is 4.42 Å². The van der Waals surface area contributed by atoms with E-state index in [1.54, 1.807) is 12.1 Å². The lowest BCUT2D eigenvalue weighted by molar-refractivity contribution is -0.139. The minimum atomic E-state index is -4.73. The van der Waals surface area contributed by atoms with E-state index in [1.165, 1.54) is 6.07 Å². The van der Waals surface area contributed by atoms with Crippen LogP contribution in [0.4, 0.5) is 17.6 Å². The Bertz CT molecular complexity index is 618. The van der Waals surface area contributed by atoms with E-state index in [-0.39, 0.29) is 11.6 Å². The fraction of sp³-hybridized carbons (Fsp3) is 0.333. The van der Waals surface area contributed by atoms with E-state index in [1.807, 2.05) is 14.0 Å². The standard InChI is InChI=1S/C15H15F4NO/c1-9(20-2)7-11-4-6-14(21-11)10-3-5-13(16)12(8-10)15(17,18)19/h3-6,8-9,20H,7H2,1-2H3. The highest BCUT2D eigenvalue weighted by Gasteiger charge is 2.34. The first-order valence-electron chi connectivity index (χ1n) is 6.44. The number of furan rings is 1. The summed E-state index contributed by atoms with van der Waals surface area (Å²) in [6.45, 7) is 1.96. The molecule has 0 saturated carbocycles. The van der Waals surface area contributed by atoms with Crippen LogP contribution in [0.25, 0.3) is 11.3 Å². The SMILES string of the molecule is CNC(C)Cc1ccc(-c2ccc(F)c(C(F)(F)F)c2)o1. The van der Waals surface area contributed by atoms with Crippen LogP contribution in [0, 0.1) is 5.82 Å². The Morgan fingerprint density at radius 1 is 1.19 bits per heavy atom. The maximum absolute atomic E-state index is 13.2. The summed E-state index contributed by atoms with van der Waals surface area (Å²) in [5.74, 6) is -0.342. The van der Waals surface area contributed by atoms with Crippen molar-refractivity contribution >= 4 is 0 Å². The number of rotatable bonds is 4. The van der Waals surface area contributed by atoms with Gasteiger partial charge in [0, 0.05) is 18.0 Å². The molecule has 0 aliphatic carbocycles. The van der Waals surface area contributed by atoms with Crippen LogP contribution in [0.1, 0.15) is 18.2 Å². The Labute approximate surface area is 119 Å². The van der Waals surface area contributed by atoms with Crippen LogP contribution >= 0.6 is 0 Å². The van der Waals surface area contributed by atoms with E-state index in [0.717, 1.165) is 12.1 Å². The van der Waals surface area contributed by atoms with E-state index >= 15 is 0 Å². The van der Waals surface area contributed by atoms with Crippen LogP contribution in [0.15, 0.2) is 34.7 Å². The zero-order valence-electron chi connectivity index (χ0n) is 11.6. The number of hydrogen-bond acceptors (Lipinski definition) is 2. The van der Waals surface area contributed by atoms with E-state index in [0.29, 0.717) is 17.9 Å². The van der Waals surface area contributed by atoms with Crippen LogP contribution in [0.2, 0.25) is 0 Å². The molecule has 1 unspecified atom stereocenters. The average molecular weight is 301 g/mol. The zero-order valence-corrected chi connectivity index (χ0v) is 11.6. The van der Waals surface area contributed by atoms with Gasteiger partial charge in [-0.1, -0.05) is 0 Å². The molecule has 0 aliphatic heterocycles. The molecule has 0 spiro atoms. The molecule has 0 saturated heterocycles. The molecule has 0 amide bonds. The molecule has 1 aromatic heterocycles. The van der Waals surface area contributed by atoms with Crippen molar-refractivity contribution in [2.24, 2.45) is 0 Å². The Morgan fingerprint density at radius 2 is 1.90 bits per heavy atom. The number of alkyl halides is 3. The fourth-order valence-electron chi connectivity index (χ4n) is 1.94. The zero-order chi connectivity index (χ0) is 15.6. The van der Waals surface area contributed by atoms with Gasteiger partial charge >= 0.3 is 6.18 Å². The summed E-state index contributed by atoms with van der Waals surface area (Å²) in [6, 6.07) is 6.32. The summed E-state index contributed by atoms with van der Waals surface area (Å²) in [7, 11) is 1.81. The third-order valence-electron chi connectivity index (χ3n) is 3.22. The largest absolute Gasteiger partial charge is 0.461 e. The Kier molecular flexibility index (Phi) is 4.37. The summed E-state index contributed by atoms with van der Waals surface area (Å²) in [4.78, 5) is 0. The van der Waals surface area contributed by atoms with Crippen LogP contribution in [0.5, 0.6) is 0 Å². The highest BCUT2D eigenvalue weighted by Crippen LogP contribution is 2.34. The highest BCUT2D eigenvalue weighted by atomic mass is 19.4. The minimum Gasteiger partial charge on any atom is -0.461 e. The lowest BCUT2D eigenvalue weighted by Crippen LogP contribution is -2.23. The van der Waals surface area contributed by atoms with E-state index < -0.39 is 17.6 Å². The molecule has 2 aromatic rings. The van der Waals surface area contributed by atoms with Crippen molar-refractivity contribution in [3.8, 4) is 11.3 Å². The molecule has 6 heteroatoms. The third kappa shape index (κ3) is 3.64. The first kappa shape index (κ1) is 15.6. The molecule has 1 atom stereocenters. The molecule has 0 fully saturated rings. The maximum Gasteiger partial charge on any atom is 0.419 e. The Hall–Kier alpha value is -1.82. The summed E-state index contributed by atoms with van der Waals surface area (Å²) in [5.41, 5.74) is -1.09. The van der Waals surface area contributed by atoms with Gasteiger partial charge in [-0.15, -0.1) is 0 Å². The lowest BCUT2D eigenvalue weighted by atomic mass is 10.1. The highest BCUT2D eigenvalue weighted by molar-refractivity contribution is 5.59. The summed E-state index contributed by atoms with van der Waals surface area (Å²) in [5, 5.41) is 3.04. The van der Waals surface area contributed by atoms with Crippen molar-refractivity contribution < 1.29 is 22.0 Å². The molecule has 21 heavy (non-hydrogen) atoms. The second kappa shape index (κ2) is 5.89. The number of hydrogen-bond donors (Lipinski definition) is 1. The normalized spacial score (nSPS) is 13.4.